The molecule has 0 bridgehead atoms. The fourth-order valence-electron chi connectivity index (χ4n) is 7.22. The number of fused-ring (bicyclic) bond motifs is 13. The summed E-state index contributed by atoms with van der Waals surface area (Å²) in [7, 11) is 0. The molecule has 0 unspecified atom stereocenters. The highest BCUT2D eigenvalue weighted by molar-refractivity contribution is 7.00. The fourth-order valence-corrected chi connectivity index (χ4v) is 7.22. The number of aromatic nitrogens is 1. The van der Waals surface area contributed by atoms with Crippen LogP contribution >= 0.6 is 0 Å². The summed E-state index contributed by atoms with van der Waals surface area (Å²) in [5.74, 6) is 0. The normalized spacial score (nSPS) is 12.7. The van der Waals surface area contributed by atoms with Crippen LogP contribution in [0.3, 0.4) is 0 Å². The van der Waals surface area contributed by atoms with Gasteiger partial charge in [-0.15, -0.1) is 0 Å². The van der Waals surface area contributed by atoms with Crippen LogP contribution in [0.1, 0.15) is 22.3 Å². The molecule has 0 radical (unpaired) electrons. The maximum atomic E-state index is 2.61. The number of rotatable bonds is 0. The van der Waals surface area contributed by atoms with Crippen molar-refractivity contribution in [2.75, 3.05) is 0 Å². The lowest BCUT2D eigenvalue weighted by molar-refractivity contribution is 1.17. The molecule has 0 amide bonds. The Morgan fingerprint density at radius 1 is 0.526 bits per heavy atom. The van der Waals surface area contributed by atoms with Crippen LogP contribution in [0.15, 0.2) is 97.1 Å². The summed E-state index contributed by atoms with van der Waals surface area (Å²) in [5.41, 5.74) is 14.9. The van der Waals surface area contributed by atoms with Crippen molar-refractivity contribution in [1.29, 1.82) is 0 Å². The summed E-state index contributed by atoms with van der Waals surface area (Å²) in [6.07, 6.45) is 0. The minimum Gasteiger partial charge on any atom is -0.321 e. The van der Waals surface area contributed by atoms with Crippen LogP contribution in [0.2, 0.25) is 0 Å². The Morgan fingerprint density at radius 2 is 1.16 bits per heavy atom. The minimum absolute atomic E-state index is 0.221. The number of aryl methyl sites for hydroxylation is 4. The smallest absolute Gasteiger partial charge is 0.266 e. The van der Waals surface area contributed by atoms with Gasteiger partial charge in [0.25, 0.3) is 6.71 Å². The molecule has 8 rings (SSSR count). The first-order chi connectivity index (χ1) is 18.5. The van der Waals surface area contributed by atoms with Crippen LogP contribution in [0.5, 0.6) is 0 Å². The van der Waals surface area contributed by atoms with Crippen molar-refractivity contribution in [3.05, 3.63) is 119 Å². The summed E-state index contributed by atoms with van der Waals surface area (Å²) < 4.78 is 2.61. The average molecular weight is 485 g/mol. The van der Waals surface area contributed by atoms with Crippen molar-refractivity contribution < 1.29 is 0 Å². The second-order valence-corrected chi connectivity index (χ2v) is 11.1. The zero-order chi connectivity index (χ0) is 25.7. The first-order valence-corrected chi connectivity index (χ1v) is 13.6. The van der Waals surface area contributed by atoms with Gasteiger partial charge in [0.1, 0.15) is 0 Å². The molecule has 0 saturated carbocycles. The molecule has 0 N–H and O–H groups in total. The van der Waals surface area contributed by atoms with Gasteiger partial charge >= 0.3 is 0 Å². The van der Waals surface area contributed by atoms with Gasteiger partial charge in [-0.1, -0.05) is 90.4 Å². The lowest BCUT2D eigenvalue weighted by Crippen LogP contribution is -2.46. The van der Waals surface area contributed by atoms with E-state index in [2.05, 4.69) is 129 Å². The first kappa shape index (κ1) is 21.8. The number of hydrogen-bond donors (Lipinski definition) is 0. The zero-order valence-electron chi connectivity index (χ0n) is 22.3. The van der Waals surface area contributed by atoms with Crippen LogP contribution in [-0.4, -0.2) is 11.3 Å². The summed E-state index contributed by atoms with van der Waals surface area (Å²) in [5, 5.41) is 6.62. The van der Waals surface area contributed by atoms with Gasteiger partial charge in [0, 0.05) is 22.2 Å². The number of hydrogen-bond acceptors (Lipinski definition) is 0. The van der Waals surface area contributed by atoms with Crippen LogP contribution in [-0.2, 0) is 0 Å². The molecule has 3 heterocycles. The third-order valence-electron chi connectivity index (χ3n) is 9.01. The quantitative estimate of drug-likeness (QED) is 0.202. The summed E-state index contributed by atoms with van der Waals surface area (Å²) >= 11 is 0. The van der Waals surface area contributed by atoms with Gasteiger partial charge in [0.05, 0.1) is 5.52 Å². The van der Waals surface area contributed by atoms with Crippen LogP contribution in [0, 0.1) is 27.7 Å². The van der Waals surface area contributed by atoms with E-state index in [0.717, 1.165) is 0 Å². The average Bonchev–Trinajstić information content (AvgIpc) is 3.42. The van der Waals surface area contributed by atoms with Crippen molar-refractivity contribution in [3.63, 3.8) is 0 Å². The Kier molecular flexibility index (Phi) is 4.36. The zero-order valence-corrected chi connectivity index (χ0v) is 22.3. The van der Waals surface area contributed by atoms with Crippen molar-refractivity contribution >= 4 is 55.7 Å². The predicted octanol–water partition coefficient (Wildman–Crippen LogP) is 7.10. The maximum absolute atomic E-state index is 2.61. The molecule has 180 valence electrons. The van der Waals surface area contributed by atoms with Crippen LogP contribution in [0.25, 0.3) is 49.3 Å². The van der Waals surface area contributed by atoms with Gasteiger partial charge in [0.15, 0.2) is 0 Å². The molecule has 2 aliphatic heterocycles. The Labute approximate surface area is 223 Å². The molecular weight excluding hydrogens is 457 g/mol. The Hall–Kier alpha value is -4.30. The molecule has 1 aromatic heterocycles. The molecule has 5 aromatic carbocycles. The van der Waals surface area contributed by atoms with Crippen molar-refractivity contribution in [2.24, 2.45) is 0 Å². The second kappa shape index (κ2) is 7.62. The van der Waals surface area contributed by atoms with Gasteiger partial charge in [-0.25, -0.2) is 0 Å². The molecule has 1 nitrogen and oxygen atoms in total. The van der Waals surface area contributed by atoms with E-state index in [1.807, 2.05) is 0 Å². The molecule has 0 aliphatic carbocycles. The Morgan fingerprint density at radius 3 is 1.97 bits per heavy atom. The molecule has 0 saturated heterocycles. The molecule has 0 fully saturated rings. The Bertz CT molecular complexity index is 2080. The van der Waals surface area contributed by atoms with E-state index in [0.29, 0.717) is 0 Å². The SMILES string of the molecule is Cc1cc2c(cc1C)-n1c3c(c4c(C)cccc4c4cccc(C)c4c4ccccc41)-c1ccccc1B23. The van der Waals surface area contributed by atoms with Gasteiger partial charge in [-0.3, -0.25) is 0 Å². The fraction of sp³-hybridized carbons (Fsp3) is 0.111. The van der Waals surface area contributed by atoms with Gasteiger partial charge < -0.3 is 4.57 Å². The number of para-hydroxylation sites is 1. The topological polar surface area (TPSA) is 4.93 Å². The van der Waals surface area contributed by atoms with E-state index in [4.69, 9.17) is 0 Å². The van der Waals surface area contributed by atoms with Crippen molar-refractivity contribution in [2.45, 2.75) is 27.7 Å². The molecule has 38 heavy (non-hydrogen) atoms. The van der Waals surface area contributed by atoms with Gasteiger partial charge in [-0.05, 0) is 94.7 Å². The van der Waals surface area contributed by atoms with E-state index in [1.165, 1.54) is 88.0 Å². The first-order valence-electron chi connectivity index (χ1n) is 13.6. The van der Waals surface area contributed by atoms with Gasteiger partial charge in [-0.2, -0.15) is 0 Å². The van der Waals surface area contributed by atoms with E-state index in [9.17, 15) is 0 Å². The lowest BCUT2D eigenvalue weighted by Gasteiger charge is -2.14. The minimum atomic E-state index is 0.221. The molecular formula is C36H28BN. The van der Waals surface area contributed by atoms with Crippen LogP contribution in [0.4, 0.5) is 0 Å². The second-order valence-electron chi connectivity index (χ2n) is 11.1. The molecule has 6 aromatic rings. The van der Waals surface area contributed by atoms with E-state index < -0.39 is 0 Å². The van der Waals surface area contributed by atoms with E-state index in [-0.39, 0.29) is 6.71 Å². The Balaban J connectivity index is 1.81. The summed E-state index contributed by atoms with van der Waals surface area (Å²) in [4.78, 5) is 0. The lowest BCUT2D eigenvalue weighted by atomic mass is 9.41. The highest BCUT2D eigenvalue weighted by atomic mass is 15.0. The van der Waals surface area contributed by atoms with Crippen LogP contribution < -0.4 is 16.5 Å². The predicted molar refractivity (Wildman–Crippen MR) is 165 cm³/mol. The van der Waals surface area contributed by atoms with Crippen molar-refractivity contribution in [3.8, 4) is 16.8 Å². The highest BCUT2D eigenvalue weighted by Crippen LogP contribution is 2.39. The molecule has 2 heteroatoms. The number of nitrogens with zero attached hydrogens (tertiary/aromatic N) is 1. The third-order valence-corrected chi connectivity index (χ3v) is 9.01. The largest absolute Gasteiger partial charge is 0.321 e. The molecule has 0 spiro atoms. The monoisotopic (exact) mass is 485 g/mol. The van der Waals surface area contributed by atoms with Crippen molar-refractivity contribution in [1.82, 2.24) is 4.57 Å². The standard InChI is InChI=1S/C36H28BN/c1-21-11-9-15-25-26-16-10-12-22(2)34(26)35-27-13-5-7-17-29(27)37-30-19-23(3)24(4)20-32(30)38(36(35)37)31-18-8-6-14-28(31)33(21)25/h5-20H,1-4H3. The number of benzene rings is 5. The van der Waals surface area contributed by atoms with Gasteiger partial charge in [0.2, 0.25) is 0 Å². The molecule has 0 atom stereocenters. The summed E-state index contributed by atoms with van der Waals surface area (Å²) in [6, 6.07) is 36.6. The van der Waals surface area contributed by atoms with E-state index >= 15 is 0 Å². The highest BCUT2D eigenvalue weighted by Gasteiger charge is 2.42. The van der Waals surface area contributed by atoms with E-state index in [1.54, 1.807) is 0 Å². The summed E-state index contributed by atoms with van der Waals surface area (Å²) in [6.45, 7) is 9.25. The maximum Gasteiger partial charge on any atom is 0.266 e. The third kappa shape index (κ3) is 2.68. The molecule has 2 aliphatic rings.